The van der Waals surface area contributed by atoms with Gasteiger partial charge in [-0.1, -0.05) is 0 Å². The highest BCUT2D eigenvalue weighted by molar-refractivity contribution is 5.51. The third kappa shape index (κ3) is 2.17. The number of rotatable bonds is 3. The second-order valence-electron chi connectivity index (χ2n) is 4.21. The summed E-state index contributed by atoms with van der Waals surface area (Å²) in [5, 5.41) is 12.0. The van der Waals surface area contributed by atoms with E-state index in [4.69, 9.17) is 5.26 Å². The van der Waals surface area contributed by atoms with Crippen LogP contribution < -0.4 is 10.2 Å². The highest BCUT2D eigenvalue weighted by Gasteiger charge is 2.23. The van der Waals surface area contributed by atoms with Gasteiger partial charge in [0.25, 0.3) is 0 Å². The molecule has 16 heavy (non-hydrogen) atoms. The molecule has 0 bridgehead atoms. The summed E-state index contributed by atoms with van der Waals surface area (Å²) in [6.45, 7) is 2.15. The van der Waals surface area contributed by atoms with E-state index in [0.29, 0.717) is 6.04 Å². The quantitative estimate of drug-likeness (QED) is 0.835. The Morgan fingerprint density at radius 1 is 1.44 bits per heavy atom. The van der Waals surface area contributed by atoms with Crippen LogP contribution in [-0.2, 0) is 0 Å². The van der Waals surface area contributed by atoms with Crippen molar-refractivity contribution in [2.24, 2.45) is 0 Å². The first kappa shape index (κ1) is 11.0. The second kappa shape index (κ2) is 5.00. The first-order valence-electron chi connectivity index (χ1n) is 5.76. The summed E-state index contributed by atoms with van der Waals surface area (Å²) in [6, 6.07) is 10.6. The highest BCUT2D eigenvalue weighted by Crippen LogP contribution is 2.25. The molecule has 1 aromatic rings. The van der Waals surface area contributed by atoms with Gasteiger partial charge in [0.1, 0.15) is 0 Å². The molecule has 1 heterocycles. The van der Waals surface area contributed by atoms with Gasteiger partial charge in [0.05, 0.1) is 11.6 Å². The Bertz CT molecular complexity index is 377. The van der Waals surface area contributed by atoms with Gasteiger partial charge in [-0.2, -0.15) is 5.26 Å². The van der Waals surface area contributed by atoms with Gasteiger partial charge in [0, 0.05) is 24.8 Å². The molecule has 0 amide bonds. The molecule has 3 nitrogen and oxygen atoms in total. The van der Waals surface area contributed by atoms with Crippen molar-refractivity contribution < 1.29 is 0 Å². The standard InChI is InChI=1S/C13H17N3/c1-15-10-13-3-2-8-16(13)12-6-4-11(9-14)5-7-12/h4-7,13,15H,2-3,8,10H2,1H3. The van der Waals surface area contributed by atoms with E-state index in [1.165, 1.54) is 18.5 Å². The van der Waals surface area contributed by atoms with Crippen molar-refractivity contribution in [1.82, 2.24) is 5.32 Å². The largest absolute Gasteiger partial charge is 0.367 e. The fourth-order valence-electron chi connectivity index (χ4n) is 2.35. The third-order valence-corrected chi connectivity index (χ3v) is 3.14. The SMILES string of the molecule is CNCC1CCCN1c1ccc(C#N)cc1. The second-order valence-corrected chi connectivity index (χ2v) is 4.21. The average molecular weight is 215 g/mol. The highest BCUT2D eigenvalue weighted by atomic mass is 15.2. The van der Waals surface area contributed by atoms with Gasteiger partial charge >= 0.3 is 0 Å². The predicted molar refractivity (Wildman–Crippen MR) is 65.5 cm³/mol. The van der Waals surface area contributed by atoms with Gasteiger partial charge in [0.2, 0.25) is 0 Å². The van der Waals surface area contributed by atoms with Crippen molar-refractivity contribution in [3.05, 3.63) is 29.8 Å². The van der Waals surface area contributed by atoms with Crippen LogP contribution in [0.4, 0.5) is 5.69 Å². The van der Waals surface area contributed by atoms with E-state index in [1.807, 2.05) is 31.3 Å². The van der Waals surface area contributed by atoms with E-state index >= 15 is 0 Å². The topological polar surface area (TPSA) is 39.1 Å². The fraction of sp³-hybridized carbons (Fsp3) is 0.462. The molecule has 1 aliphatic rings. The zero-order chi connectivity index (χ0) is 11.4. The maximum atomic E-state index is 8.76. The molecule has 1 N–H and O–H groups in total. The lowest BCUT2D eigenvalue weighted by Gasteiger charge is -2.26. The minimum Gasteiger partial charge on any atom is -0.367 e. The van der Waals surface area contributed by atoms with E-state index in [9.17, 15) is 0 Å². The lowest BCUT2D eigenvalue weighted by Crippen LogP contribution is -2.36. The average Bonchev–Trinajstić information content (AvgIpc) is 2.78. The molecular weight excluding hydrogens is 198 g/mol. The van der Waals surface area contributed by atoms with Crippen LogP contribution in [-0.4, -0.2) is 26.2 Å². The lowest BCUT2D eigenvalue weighted by molar-refractivity contribution is 0.615. The molecule has 3 heteroatoms. The first-order chi connectivity index (χ1) is 7.85. The Labute approximate surface area is 96.7 Å². The number of anilines is 1. The summed E-state index contributed by atoms with van der Waals surface area (Å²) in [7, 11) is 2.00. The monoisotopic (exact) mass is 215 g/mol. The lowest BCUT2D eigenvalue weighted by atomic mass is 10.2. The van der Waals surface area contributed by atoms with Crippen LogP contribution in [0.1, 0.15) is 18.4 Å². The van der Waals surface area contributed by atoms with Gasteiger partial charge < -0.3 is 10.2 Å². The van der Waals surface area contributed by atoms with Crippen molar-refractivity contribution in [2.45, 2.75) is 18.9 Å². The summed E-state index contributed by atoms with van der Waals surface area (Å²) < 4.78 is 0. The molecule has 0 saturated carbocycles. The Kier molecular flexibility index (Phi) is 3.43. The Hall–Kier alpha value is -1.53. The number of hydrogen-bond donors (Lipinski definition) is 1. The Balaban J connectivity index is 2.13. The van der Waals surface area contributed by atoms with Crippen LogP contribution in [0.3, 0.4) is 0 Å². The van der Waals surface area contributed by atoms with Crippen LogP contribution in [0.25, 0.3) is 0 Å². The van der Waals surface area contributed by atoms with Crippen LogP contribution in [0, 0.1) is 11.3 Å². The van der Waals surface area contributed by atoms with Crippen LogP contribution in [0.15, 0.2) is 24.3 Å². The van der Waals surface area contributed by atoms with Crippen LogP contribution >= 0.6 is 0 Å². The van der Waals surface area contributed by atoms with E-state index in [0.717, 1.165) is 18.7 Å². The molecule has 1 unspecified atom stereocenters. The maximum absolute atomic E-state index is 8.76. The Morgan fingerprint density at radius 2 is 2.19 bits per heavy atom. The molecule has 1 atom stereocenters. The number of likely N-dealkylation sites (N-methyl/N-ethyl adjacent to an activating group) is 1. The number of nitriles is 1. The summed E-state index contributed by atoms with van der Waals surface area (Å²) in [5.41, 5.74) is 1.96. The molecule has 2 rings (SSSR count). The molecule has 1 aliphatic heterocycles. The van der Waals surface area contributed by atoms with E-state index in [-0.39, 0.29) is 0 Å². The molecule has 84 valence electrons. The molecule has 0 aromatic heterocycles. The van der Waals surface area contributed by atoms with Crippen LogP contribution in [0.2, 0.25) is 0 Å². The van der Waals surface area contributed by atoms with E-state index < -0.39 is 0 Å². The first-order valence-corrected chi connectivity index (χ1v) is 5.76. The molecule has 1 aromatic carbocycles. The van der Waals surface area contributed by atoms with Gasteiger partial charge in [-0.15, -0.1) is 0 Å². The zero-order valence-corrected chi connectivity index (χ0v) is 9.61. The number of nitrogens with one attached hydrogen (secondary N) is 1. The molecule has 0 spiro atoms. The van der Waals surface area contributed by atoms with Crippen molar-refractivity contribution in [3.8, 4) is 6.07 Å². The van der Waals surface area contributed by atoms with Gasteiger partial charge in [-0.25, -0.2) is 0 Å². The van der Waals surface area contributed by atoms with Gasteiger partial charge in [-0.3, -0.25) is 0 Å². The summed E-state index contributed by atoms with van der Waals surface area (Å²) >= 11 is 0. The van der Waals surface area contributed by atoms with Crippen LogP contribution in [0.5, 0.6) is 0 Å². The van der Waals surface area contributed by atoms with Crippen molar-refractivity contribution in [2.75, 3.05) is 25.0 Å². The predicted octanol–water partition coefficient (Wildman–Crippen LogP) is 1.75. The number of benzene rings is 1. The van der Waals surface area contributed by atoms with E-state index in [1.54, 1.807) is 0 Å². The minimum absolute atomic E-state index is 0.595. The summed E-state index contributed by atoms with van der Waals surface area (Å²) in [6.07, 6.45) is 2.51. The smallest absolute Gasteiger partial charge is 0.0991 e. The van der Waals surface area contributed by atoms with Gasteiger partial charge in [-0.05, 0) is 44.2 Å². The molecule has 1 fully saturated rings. The molecule has 1 saturated heterocycles. The van der Waals surface area contributed by atoms with Crippen molar-refractivity contribution in [1.29, 1.82) is 5.26 Å². The maximum Gasteiger partial charge on any atom is 0.0991 e. The Morgan fingerprint density at radius 3 is 2.81 bits per heavy atom. The molecule has 0 radical (unpaired) electrons. The van der Waals surface area contributed by atoms with E-state index in [2.05, 4.69) is 16.3 Å². The summed E-state index contributed by atoms with van der Waals surface area (Å²) in [4.78, 5) is 2.43. The van der Waals surface area contributed by atoms with Crippen molar-refractivity contribution in [3.63, 3.8) is 0 Å². The minimum atomic E-state index is 0.595. The summed E-state index contributed by atoms with van der Waals surface area (Å²) in [5.74, 6) is 0. The van der Waals surface area contributed by atoms with Crippen molar-refractivity contribution >= 4 is 5.69 Å². The van der Waals surface area contributed by atoms with Gasteiger partial charge in [0.15, 0.2) is 0 Å². The zero-order valence-electron chi connectivity index (χ0n) is 9.61. The third-order valence-electron chi connectivity index (χ3n) is 3.14. The fourth-order valence-corrected chi connectivity index (χ4v) is 2.35. The molecule has 0 aliphatic carbocycles. The number of hydrogen-bond acceptors (Lipinski definition) is 3. The number of nitrogens with zero attached hydrogens (tertiary/aromatic N) is 2. The molecular formula is C13H17N3. The normalized spacial score (nSPS) is 19.8.